The molecule has 0 saturated heterocycles. The summed E-state index contributed by atoms with van der Waals surface area (Å²) in [6.07, 6.45) is 3.93. The number of nitrogens with zero attached hydrogens (tertiary/aromatic N) is 2. The van der Waals surface area contributed by atoms with Crippen molar-refractivity contribution >= 4 is 0 Å². The number of hydrogen-bond donors (Lipinski definition) is 1. The van der Waals surface area contributed by atoms with Crippen molar-refractivity contribution in [2.45, 2.75) is 13.0 Å². The predicted octanol–water partition coefficient (Wildman–Crippen LogP) is 1.26. The number of aromatic nitrogens is 1. The molecule has 0 aliphatic heterocycles. The molecule has 84 valence electrons. The van der Waals surface area contributed by atoms with Crippen LogP contribution in [0.4, 0.5) is 4.39 Å². The van der Waals surface area contributed by atoms with Gasteiger partial charge in [-0.25, -0.2) is 4.39 Å². The van der Waals surface area contributed by atoms with Crippen LogP contribution in [-0.2, 0) is 6.54 Å². The van der Waals surface area contributed by atoms with Gasteiger partial charge in [-0.2, -0.15) is 0 Å². The van der Waals surface area contributed by atoms with E-state index in [4.69, 9.17) is 0 Å². The molecule has 0 aromatic carbocycles. The molecular formula is C11H18FN3. The van der Waals surface area contributed by atoms with Crippen LogP contribution in [0.5, 0.6) is 0 Å². The van der Waals surface area contributed by atoms with Crippen LogP contribution < -0.4 is 5.32 Å². The van der Waals surface area contributed by atoms with Crippen LogP contribution in [0.3, 0.4) is 0 Å². The Balaban J connectivity index is 2.18. The first-order valence-corrected chi connectivity index (χ1v) is 5.14. The van der Waals surface area contributed by atoms with E-state index >= 15 is 0 Å². The molecular weight excluding hydrogens is 193 g/mol. The molecule has 3 nitrogen and oxygen atoms in total. The molecule has 0 radical (unpaired) electrons. The van der Waals surface area contributed by atoms with Crippen LogP contribution in [-0.4, -0.2) is 37.1 Å². The molecule has 1 rings (SSSR count). The molecule has 0 fully saturated rings. The van der Waals surface area contributed by atoms with Gasteiger partial charge >= 0.3 is 0 Å². The monoisotopic (exact) mass is 211 g/mol. The van der Waals surface area contributed by atoms with E-state index in [0.717, 1.165) is 19.5 Å². The minimum atomic E-state index is -0.238. The maximum atomic E-state index is 13.1. The largest absolute Gasteiger partial charge is 0.313 e. The van der Waals surface area contributed by atoms with Gasteiger partial charge in [0.05, 0.1) is 6.20 Å². The highest BCUT2D eigenvalue weighted by molar-refractivity contribution is 5.11. The van der Waals surface area contributed by atoms with Gasteiger partial charge in [-0.15, -0.1) is 0 Å². The molecule has 1 aromatic heterocycles. The lowest BCUT2D eigenvalue weighted by Crippen LogP contribution is -2.21. The molecule has 1 N–H and O–H groups in total. The lowest BCUT2D eigenvalue weighted by atomic mass is 10.2. The molecule has 0 atom stereocenters. The molecule has 0 unspecified atom stereocenters. The average molecular weight is 211 g/mol. The highest BCUT2D eigenvalue weighted by atomic mass is 19.1. The minimum absolute atomic E-state index is 0.238. The van der Waals surface area contributed by atoms with E-state index in [1.54, 1.807) is 12.3 Å². The Kier molecular flexibility index (Phi) is 5.21. The Bertz CT molecular complexity index is 289. The van der Waals surface area contributed by atoms with Crippen molar-refractivity contribution in [3.63, 3.8) is 0 Å². The fourth-order valence-electron chi connectivity index (χ4n) is 1.29. The molecule has 1 aromatic rings. The fraction of sp³-hybridized carbons (Fsp3) is 0.545. The van der Waals surface area contributed by atoms with E-state index < -0.39 is 0 Å². The van der Waals surface area contributed by atoms with Crippen LogP contribution >= 0.6 is 0 Å². The van der Waals surface area contributed by atoms with E-state index in [-0.39, 0.29) is 5.82 Å². The standard InChI is InChI=1S/C11H18FN3/c1-15(2)7-3-5-13-8-10-4-6-14-9-11(10)12/h4,6,9,13H,3,5,7-8H2,1-2H3. The number of halogens is 1. The second kappa shape index (κ2) is 6.48. The maximum absolute atomic E-state index is 13.1. The summed E-state index contributed by atoms with van der Waals surface area (Å²) >= 11 is 0. The van der Waals surface area contributed by atoms with Crippen molar-refractivity contribution < 1.29 is 4.39 Å². The van der Waals surface area contributed by atoms with E-state index in [1.807, 2.05) is 14.1 Å². The molecule has 0 saturated carbocycles. The lowest BCUT2D eigenvalue weighted by Gasteiger charge is -2.09. The van der Waals surface area contributed by atoms with Gasteiger partial charge in [0.1, 0.15) is 5.82 Å². The third-order valence-electron chi connectivity index (χ3n) is 2.13. The Morgan fingerprint density at radius 1 is 1.47 bits per heavy atom. The van der Waals surface area contributed by atoms with Gasteiger partial charge in [-0.1, -0.05) is 0 Å². The third-order valence-corrected chi connectivity index (χ3v) is 2.13. The molecule has 0 spiro atoms. The van der Waals surface area contributed by atoms with E-state index in [9.17, 15) is 4.39 Å². The second-order valence-corrected chi connectivity index (χ2v) is 3.80. The Labute approximate surface area is 90.3 Å². The van der Waals surface area contributed by atoms with Gasteiger partial charge in [0.25, 0.3) is 0 Å². The van der Waals surface area contributed by atoms with Crippen molar-refractivity contribution in [2.75, 3.05) is 27.2 Å². The Morgan fingerprint density at radius 3 is 2.93 bits per heavy atom. The van der Waals surface area contributed by atoms with Crippen LogP contribution in [0.2, 0.25) is 0 Å². The number of rotatable bonds is 6. The van der Waals surface area contributed by atoms with E-state index in [0.29, 0.717) is 12.1 Å². The summed E-state index contributed by atoms with van der Waals surface area (Å²) in [6, 6.07) is 1.70. The minimum Gasteiger partial charge on any atom is -0.313 e. The molecule has 0 aliphatic carbocycles. The first-order valence-electron chi connectivity index (χ1n) is 5.14. The van der Waals surface area contributed by atoms with Crippen molar-refractivity contribution in [1.82, 2.24) is 15.2 Å². The van der Waals surface area contributed by atoms with Crippen molar-refractivity contribution in [1.29, 1.82) is 0 Å². The van der Waals surface area contributed by atoms with Gasteiger partial charge < -0.3 is 10.2 Å². The average Bonchev–Trinajstić information content (AvgIpc) is 2.20. The highest BCUT2D eigenvalue weighted by Crippen LogP contribution is 2.03. The molecule has 15 heavy (non-hydrogen) atoms. The van der Waals surface area contributed by atoms with Crippen molar-refractivity contribution in [3.05, 3.63) is 29.8 Å². The second-order valence-electron chi connectivity index (χ2n) is 3.80. The zero-order valence-corrected chi connectivity index (χ0v) is 9.33. The first-order chi connectivity index (χ1) is 7.20. The maximum Gasteiger partial charge on any atom is 0.145 e. The number of hydrogen-bond acceptors (Lipinski definition) is 3. The summed E-state index contributed by atoms with van der Waals surface area (Å²) in [7, 11) is 4.09. The molecule has 4 heteroatoms. The first kappa shape index (κ1) is 12.1. The summed E-state index contributed by atoms with van der Waals surface area (Å²) in [4.78, 5) is 5.84. The number of pyridine rings is 1. The van der Waals surface area contributed by atoms with Gasteiger partial charge in [-0.05, 0) is 39.7 Å². The quantitative estimate of drug-likeness (QED) is 0.718. The molecule has 1 heterocycles. The highest BCUT2D eigenvalue weighted by Gasteiger charge is 1.99. The summed E-state index contributed by atoms with van der Waals surface area (Å²) in [5.74, 6) is -0.238. The molecule has 0 bridgehead atoms. The summed E-state index contributed by atoms with van der Waals surface area (Å²) < 4.78 is 13.1. The predicted molar refractivity (Wildman–Crippen MR) is 59.1 cm³/mol. The molecule has 0 amide bonds. The van der Waals surface area contributed by atoms with Gasteiger partial charge in [0, 0.05) is 18.3 Å². The summed E-state index contributed by atoms with van der Waals surface area (Å²) in [5, 5.41) is 3.20. The zero-order valence-electron chi connectivity index (χ0n) is 9.33. The van der Waals surface area contributed by atoms with Gasteiger partial charge in [-0.3, -0.25) is 4.98 Å². The fourth-order valence-corrected chi connectivity index (χ4v) is 1.29. The van der Waals surface area contributed by atoms with Crippen LogP contribution in [0.15, 0.2) is 18.5 Å². The van der Waals surface area contributed by atoms with Crippen molar-refractivity contribution in [3.8, 4) is 0 Å². The van der Waals surface area contributed by atoms with Gasteiger partial charge in [0.15, 0.2) is 0 Å². The molecule has 0 aliphatic rings. The summed E-state index contributed by atoms with van der Waals surface area (Å²) in [5.41, 5.74) is 0.676. The Morgan fingerprint density at radius 2 is 2.27 bits per heavy atom. The van der Waals surface area contributed by atoms with E-state index in [1.165, 1.54) is 6.20 Å². The Hall–Kier alpha value is -1.00. The van der Waals surface area contributed by atoms with Crippen molar-refractivity contribution in [2.24, 2.45) is 0 Å². The van der Waals surface area contributed by atoms with Crippen LogP contribution in [0.1, 0.15) is 12.0 Å². The van der Waals surface area contributed by atoms with Crippen LogP contribution in [0, 0.1) is 5.82 Å². The van der Waals surface area contributed by atoms with Crippen LogP contribution in [0.25, 0.3) is 0 Å². The third kappa shape index (κ3) is 4.85. The van der Waals surface area contributed by atoms with E-state index in [2.05, 4.69) is 15.2 Å². The SMILES string of the molecule is CN(C)CCCNCc1ccncc1F. The number of nitrogens with one attached hydrogen (secondary N) is 1. The normalized spacial score (nSPS) is 10.9. The zero-order chi connectivity index (χ0) is 11.1. The topological polar surface area (TPSA) is 28.2 Å². The lowest BCUT2D eigenvalue weighted by molar-refractivity contribution is 0.394. The van der Waals surface area contributed by atoms with Gasteiger partial charge in [0.2, 0.25) is 0 Å². The smallest absolute Gasteiger partial charge is 0.145 e. The summed E-state index contributed by atoms with van der Waals surface area (Å²) in [6.45, 7) is 2.52.